The fourth-order valence-corrected chi connectivity index (χ4v) is 2.19. The third-order valence-electron chi connectivity index (χ3n) is 3.21. The number of amides is 1. The van der Waals surface area contributed by atoms with Crippen molar-refractivity contribution in [3.05, 3.63) is 48.8 Å². The summed E-state index contributed by atoms with van der Waals surface area (Å²) in [6.45, 7) is 0.656. The van der Waals surface area contributed by atoms with E-state index in [1.165, 1.54) is 0 Å². The van der Waals surface area contributed by atoms with Gasteiger partial charge in [0, 0.05) is 30.8 Å². The van der Waals surface area contributed by atoms with Crippen LogP contribution in [0.25, 0.3) is 0 Å². The van der Waals surface area contributed by atoms with Gasteiger partial charge in [-0.25, -0.2) is 0 Å². The van der Waals surface area contributed by atoms with E-state index in [1.807, 2.05) is 18.2 Å². The van der Waals surface area contributed by atoms with Gasteiger partial charge < -0.3 is 14.8 Å². The number of nitrogens with one attached hydrogen (secondary N) is 1. The van der Waals surface area contributed by atoms with Crippen molar-refractivity contribution in [3.8, 4) is 11.5 Å². The predicted octanol–water partition coefficient (Wildman–Crippen LogP) is 2.99. The SMILES string of the molecule is O=C(Nc1cccc(Oc2ccncc2)c1)C1CCCO1. The van der Waals surface area contributed by atoms with Crippen molar-refractivity contribution in [1.29, 1.82) is 0 Å². The molecule has 5 heteroatoms. The van der Waals surface area contributed by atoms with Crippen LogP contribution in [0.5, 0.6) is 11.5 Å². The maximum atomic E-state index is 12.0. The number of hydrogen-bond donors (Lipinski definition) is 1. The molecule has 21 heavy (non-hydrogen) atoms. The van der Waals surface area contributed by atoms with Crippen LogP contribution in [0.1, 0.15) is 12.8 Å². The van der Waals surface area contributed by atoms with Crippen molar-refractivity contribution < 1.29 is 14.3 Å². The molecule has 0 bridgehead atoms. The fraction of sp³-hybridized carbons (Fsp3) is 0.250. The standard InChI is InChI=1S/C16H16N2O3/c19-16(15-5-2-10-20-15)18-12-3-1-4-14(11-12)21-13-6-8-17-9-7-13/h1,3-4,6-9,11,15H,2,5,10H2,(H,18,19). The van der Waals surface area contributed by atoms with Gasteiger partial charge in [0.2, 0.25) is 0 Å². The molecule has 1 amide bonds. The smallest absolute Gasteiger partial charge is 0.253 e. The highest BCUT2D eigenvalue weighted by molar-refractivity contribution is 5.94. The normalized spacial score (nSPS) is 17.4. The van der Waals surface area contributed by atoms with E-state index in [-0.39, 0.29) is 12.0 Å². The van der Waals surface area contributed by atoms with E-state index >= 15 is 0 Å². The van der Waals surface area contributed by atoms with Crippen LogP contribution in [0.4, 0.5) is 5.69 Å². The summed E-state index contributed by atoms with van der Waals surface area (Å²) in [5.41, 5.74) is 0.696. The zero-order chi connectivity index (χ0) is 14.5. The molecule has 108 valence electrons. The monoisotopic (exact) mass is 284 g/mol. The summed E-state index contributed by atoms with van der Waals surface area (Å²) in [6, 6.07) is 10.8. The number of carbonyl (C=O) groups is 1. The lowest BCUT2D eigenvalue weighted by Crippen LogP contribution is -2.26. The average molecular weight is 284 g/mol. The van der Waals surface area contributed by atoms with Gasteiger partial charge in [0.05, 0.1) is 0 Å². The van der Waals surface area contributed by atoms with E-state index < -0.39 is 0 Å². The summed E-state index contributed by atoms with van der Waals surface area (Å²) in [4.78, 5) is 15.9. The lowest BCUT2D eigenvalue weighted by atomic mass is 10.2. The second kappa shape index (κ2) is 6.37. The van der Waals surface area contributed by atoms with Crippen molar-refractivity contribution in [2.24, 2.45) is 0 Å². The van der Waals surface area contributed by atoms with Crippen LogP contribution in [-0.2, 0) is 9.53 Å². The van der Waals surface area contributed by atoms with Crippen molar-refractivity contribution in [3.63, 3.8) is 0 Å². The number of pyridine rings is 1. The lowest BCUT2D eigenvalue weighted by molar-refractivity contribution is -0.124. The number of benzene rings is 1. The molecule has 1 aliphatic rings. The van der Waals surface area contributed by atoms with E-state index in [1.54, 1.807) is 30.6 Å². The molecule has 1 N–H and O–H groups in total. The second-order valence-corrected chi connectivity index (χ2v) is 4.80. The number of carbonyl (C=O) groups excluding carboxylic acids is 1. The largest absolute Gasteiger partial charge is 0.457 e. The average Bonchev–Trinajstić information content (AvgIpc) is 3.03. The fourth-order valence-electron chi connectivity index (χ4n) is 2.19. The Kier molecular flexibility index (Phi) is 4.12. The summed E-state index contributed by atoms with van der Waals surface area (Å²) in [5.74, 6) is 1.26. The summed E-state index contributed by atoms with van der Waals surface area (Å²) < 4.78 is 11.1. The van der Waals surface area contributed by atoms with Crippen molar-refractivity contribution >= 4 is 11.6 Å². The molecule has 1 aromatic heterocycles. The zero-order valence-electron chi connectivity index (χ0n) is 11.5. The minimum absolute atomic E-state index is 0.103. The minimum Gasteiger partial charge on any atom is -0.457 e. The Labute approximate surface area is 122 Å². The first-order valence-corrected chi connectivity index (χ1v) is 6.92. The van der Waals surface area contributed by atoms with E-state index in [0.717, 1.165) is 12.8 Å². The van der Waals surface area contributed by atoms with Gasteiger partial charge >= 0.3 is 0 Å². The molecule has 1 saturated heterocycles. The summed E-state index contributed by atoms with van der Waals surface area (Å²) >= 11 is 0. The molecular formula is C16H16N2O3. The van der Waals surface area contributed by atoms with Crippen LogP contribution in [0.3, 0.4) is 0 Å². The molecule has 5 nitrogen and oxygen atoms in total. The Morgan fingerprint density at radius 2 is 2.10 bits per heavy atom. The molecule has 0 saturated carbocycles. The third-order valence-corrected chi connectivity index (χ3v) is 3.21. The quantitative estimate of drug-likeness (QED) is 0.937. The van der Waals surface area contributed by atoms with Crippen molar-refractivity contribution in [1.82, 2.24) is 4.98 Å². The molecule has 1 atom stereocenters. The molecule has 1 fully saturated rings. The molecule has 0 aliphatic carbocycles. The van der Waals surface area contributed by atoms with Gasteiger partial charge in [0.25, 0.3) is 5.91 Å². The number of rotatable bonds is 4. The Hall–Kier alpha value is -2.40. The van der Waals surface area contributed by atoms with Gasteiger partial charge in [-0.2, -0.15) is 0 Å². The molecule has 1 aromatic carbocycles. The molecular weight excluding hydrogens is 268 g/mol. The van der Waals surface area contributed by atoms with Crippen LogP contribution >= 0.6 is 0 Å². The molecule has 2 aromatic rings. The molecule has 2 heterocycles. The van der Waals surface area contributed by atoms with E-state index in [9.17, 15) is 4.79 Å². The highest BCUT2D eigenvalue weighted by Crippen LogP contribution is 2.24. The summed E-state index contributed by atoms with van der Waals surface area (Å²) in [5, 5.41) is 2.85. The number of anilines is 1. The topological polar surface area (TPSA) is 60.5 Å². The first kappa shape index (κ1) is 13.6. The summed E-state index contributed by atoms with van der Waals surface area (Å²) in [6.07, 6.45) is 4.70. The highest BCUT2D eigenvalue weighted by Gasteiger charge is 2.23. The van der Waals surface area contributed by atoms with Gasteiger partial charge in [-0.3, -0.25) is 9.78 Å². The van der Waals surface area contributed by atoms with Crippen molar-refractivity contribution in [2.45, 2.75) is 18.9 Å². The van der Waals surface area contributed by atoms with Gasteiger partial charge in [0.1, 0.15) is 17.6 Å². The second-order valence-electron chi connectivity index (χ2n) is 4.80. The van der Waals surface area contributed by atoms with Crippen molar-refractivity contribution in [2.75, 3.05) is 11.9 Å². The van der Waals surface area contributed by atoms with Crippen LogP contribution in [0, 0.1) is 0 Å². The number of aromatic nitrogens is 1. The Balaban J connectivity index is 1.66. The first-order chi connectivity index (χ1) is 10.3. The maximum absolute atomic E-state index is 12.0. The first-order valence-electron chi connectivity index (χ1n) is 6.92. The van der Waals surface area contributed by atoms with Gasteiger partial charge in [-0.15, -0.1) is 0 Å². The zero-order valence-corrected chi connectivity index (χ0v) is 11.5. The van der Waals surface area contributed by atoms with E-state index in [2.05, 4.69) is 10.3 Å². The maximum Gasteiger partial charge on any atom is 0.253 e. The van der Waals surface area contributed by atoms with Gasteiger partial charge in [-0.1, -0.05) is 6.07 Å². The van der Waals surface area contributed by atoms with Crippen LogP contribution in [-0.4, -0.2) is 23.6 Å². The molecule has 0 radical (unpaired) electrons. The highest BCUT2D eigenvalue weighted by atomic mass is 16.5. The molecule has 3 rings (SSSR count). The van der Waals surface area contributed by atoms with Gasteiger partial charge in [0.15, 0.2) is 0 Å². The number of nitrogens with zero attached hydrogens (tertiary/aromatic N) is 1. The Morgan fingerprint density at radius 3 is 2.86 bits per heavy atom. The molecule has 1 unspecified atom stereocenters. The van der Waals surface area contributed by atoms with E-state index in [0.29, 0.717) is 23.8 Å². The van der Waals surface area contributed by atoms with Gasteiger partial charge in [-0.05, 0) is 37.1 Å². The predicted molar refractivity (Wildman–Crippen MR) is 78.4 cm³/mol. The Morgan fingerprint density at radius 1 is 1.24 bits per heavy atom. The third kappa shape index (κ3) is 3.58. The molecule has 0 spiro atoms. The minimum atomic E-state index is -0.338. The summed E-state index contributed by atoms with van der Waals surface area (Å²) in [7, 11) is 0. The van der Waals surface area contributed by atoms with Crippen LogP contribution in [0.2, 0.25) is 0 Å². The molecule has 1 aliphatic heterocycles. The number of ether oxygens (including phenoxy) is 2. The number of hydrogen-bond acceptors (Lipinski definition) is 4. The van der Waals surface area contributed by atoms with E-state index in [4.69, 9.17) is 9.47 Å². The van der Waals surface area contributed by atoms with Crippen LogP contribution in [0.15, 0.2) is 48.8 Å². The van der Waals surface area contributed by atoms with Crippen LogP contribution < -0.4 is 10.1 Å². The Bertz CT molecular complexity index is 610. The lowest BCUT2D eigenvalue weighted by Gasteiger charge is -2.11.